The molecule has 0 aliphatic carbocycles. The highest BCUT2D eigenvalue weighted by molar-refractivity contribution is 7.99. The average molecular weight is 598 g/mol. The maximum Gasteiger partial charge on any atom is 0.322 e. The molecule has 0 unspecified atom stereocenters. The van der Waals surface area contributed by atoms with Gasteiger partial charge in [0.25, 0.3) is 5.91 Å². The van der Waals surface area contributed by atoms with E-state index in [1.807, 2.05) is 49.6 Å². The van der Waals surface area contributed by atoms with Crippen LogP contribution < -0.4 is 20.5 Å². The molecular weight excluding hydrogens is 560 g/mol. The molecule has 0 saturated carbocycles. The maximum absolute atomic E-state index is 14.4. The average Bonchev–Trinajstić information content (AvgIpc) is 2.97. The first-order valence-electron chi connectivity index (χ1n) is 14.0. The predicted molar refractivity (Wildman–Crippen MR) is 164 cm³/mol. The van der Waals surface area contributed by atoms with E-state index >= 15 is 0 Å². The third-order valence-corrected chi connectivity index (χ3v) is 7.65. The van der Waals surface area contributed by atoms with Gasteiger partial charge in [-0.15, -0.1) is 0 Å². The van der Waals surface area contributed by atoms with Crippen LogP contribution >= 0.6 is 11.9 Å². The van der Waals surface area contributed by atoms with Gasteiger partial charge in [0, 0.05) is 50.2 Å². The Labute approximate surface area is 249 Å². The fourth-order valence-electron chi connectivity index (χ4n) is 4.95. The summed E-state index contributed by atoms with van der Waals surface area (Å²) in [6, 6.07) is 16.8. The second-order valence-electron chi connectivity index (χ2n) is 10.2. The number of urea groups is 1. The van der Waals surface area contributed by atoms with E-state index in [1.54, 1.807) is 4.90 Å². The van der Waals surface area contributed by atoms with Crippen molar-refractivity contribution in [1.29, 1.82) is 0 Å². The first-order chi connectivity index (χ1) is 20.3. The molecule has 3 aromatic carbocycles. The highest BCUT2D eigenvalue weighted by atomic mass is 32.2. The number of hydrogen-bond acceptors (Lipinski definition) is 6. The number of hydrogen-bond donors (Lipinski definition) is 3. The molecule has 3 amide bonds. The molecule has 4 rings (SSSR count). The van der Waals surface area contributed by atoms with Crippen LogP contribution in [0.1, 0.15) is 48.5 Å². The fraction of sp³-hybridized carbons (Fsp3) is 0.355. The van der Waals surface area contributed by atoms with Gasteiger partial charge in [-0.1, -0.05) is 37.4 Å². The molecule has 1 aliphatic rings. The third-order valence-electron chi connectivity index (χ3n) is 7.21. The molecule has 11 heteroatoms. The zero-order chi connectivity index (χ0) is 30.1. The number of carbonyl (C=O) groups is 2. The number of halogens is 2. The number of anilines is 2. The Hall–Kier alpha value is -3.83. The van der Waals surface area contributed by atoms with Gasteiger partial charge in [-0.3, -0.25) is 9.69 Å². The van der Waals surface area contributed by atoms with Gasteiger partial charge in [0.2, 0.25) is 0 Å². The number of carbonyl (C=O) groups excluding carboxylic acids is 2. The number of nitrogens with zero attached hydrogens (tertiary/aromatic N) is 2. The monoisotopic (exact) mass is 597 g/mol. The lowest BCUT2D eigenvalue weighted by atomic mass is 10.0. The van der Waals surface area contributed by atoms with Gasteiger partial charge >= 0.3 is 6.03 Å². The molecule has 224 valence electrons. The number of piperidine rings is 1. The van der Waals surface area contributed by atoms with Crippen LogP contribution in [0.2, 0.25) is 0 Å². The smallest absolute Gasteiger partial charge is 0.322 e. The van der Waals surface area contributed by atoms with Crippen LogP contribution in [0.5, 0.6) is 11.5 Å². The number of primary amides is 1. The number of nitrogens with two attached hydrogens (primary N) is 1. The summed E-state index contributed by atoms with van der Waals surface area (Å²) in [5, 5.41) is 2.53. The van der Waals surface area contributed by atoms with Crippen molar-refractivity contribution in [1.82, 2.24) is 9.80 Å². The van der Waals surface area contributed by atoms with Crippen molar-refractivity contribution >= 4 is 35.3 Å². The van der Waals surface area contributed by atoms with E-state index in [9.17, 15) is 18.4 Å². The Morgan fingerprint density at radius 2 is 1.67 bits per heavy atom. The Morgan fingerprint density at radius 3 is 2.26 bits per heavy atom. The summed E-state index contributed by atoms with van der Waals surface area (Å²) in [6.07, 6.45) is 5.18. The van der Waals surface area contributed by atoms with E-state index in [0.717, 1.165) is 74.1 Å². The Bertz CT molecular complexity index is 1350. The van der Waals surface area contributed by atoms with Gasteiger partial charge in [-0.2, -0.15) is 0 Å². The maximum atomic E-state index is 14.4. The number of nitrogens with one attached hydrogen (secondary N) is 2. The second kappa shape index (κ2) is 14.9. The van der Waals surface area contributed by atoms with Crippen molar-refractivity contribution < 1.29 is 23.1 Å². The van der Waals surface area contributed by atoms with Crippen LogP contribution in [0.15, 0.2) is 60.7 Å². The molecule has 0 bridgehead atoms. The van der Waals surface area contributed by atoms with Crippen molar-refractivity contribution in [3.63, 3.8) is 0 Å². The zero-order valence-corrected chi connectivity index (χ0v) is 24.7. The summed E-state index contributed by atoms with van der Waals surface area (Å²) in [6.45, 7) is 4.92. The van der Waals surface area contributed by atoms with Crippen LogP contribution in [0.25, 0.3) is 0 Å². The normalized spacial score (nSPS) is 13.9. The number of likely N-dealkylation sites (tertiary alicyclic amines) is 1. The number of amides is 3. The van der Waals surface area contributed by atoms with Gasteiger partial charge in [0.1, 0.15) is 23.1 Å². The molecule has 42 heavy (non-hydrogen) atoms. The van der Waals surface area contributed by atoms with E-state index in [0.29, 0.717) is 12.6 Å². The van der Waals surface area contributed by atoms with Crippen molar-refractivity contribution in [3.8, 4) is 11.5 Å². The fourth-order valence-corrected chi connectivity index (χ4v) is 5.33. The van der Waals surface area contributed by atoms with Crippen LogP contribution in [-0.4, -0.2) is 53.7 Å². The minimum Gasteiger partial charge on any atom is -0.457 e. The van der Waals surface area contributed by atoms with E-state index in [2.05, 4.69) is 27.1 Å². The summed E-state index contributed by atoms with van der Waals surface area (Å²) in [7, 11) is 0. The van der Waals surface area contributed by atoms with Crippen molar-refractivity contribution in [2.45, 2.75) is 45.2 Å². The summed E-state index contributed by atoms with van der Waals surface area (Å²) in [5.41, 5.74) is 6.62. The van der Waals surface area contributed by atoms with Crippen LogP contribution in [0, 0.1) is 11.6 Å². The highest BCUT2D eigenvalue weighted by Crippen LogP contribution is 2.26. The summed E-state index contributed by atoms with van der Waals surface area (Å²) in [4.78, 5) is 28.8. The summed E-state index contributed by atoms with van der Waals surface area (Å²) in [5.74, 6) is -1.53. The Morgan fingerprint density at radius 1 is 1.02 bits per heavy atom. The summed E-state index contributed by atoms with van der Waals surface area (Å²) < 4.78 is 37.4. The standard InChI is InChI=1S/C31H37F2N5O3S/c1-3-4-15-38(31(40)35-29-18-26(30(34)39)27(32)19-28(29)33)23-13-16-37(17-14-23)20-21-5-9-24(10-6-21)41-25-11-7-22(8-12-25)36-42-2/h5-12,18-19,23,36H,3-4,13-17,20H2,1-2H3,(H2,34,39)(H,35,40). The van der Waals surface area contributed by atoms with E-state index in [-0.39, 0.29) is 11.7 Å². The van der Waals surface area contributed by atoms with Crippen LogP contribution in [0.3, 0.4) is 0 Å². The number of ether oxygens (including phenoxy) is 1. The lowest BCUT2D eigenvalue weighted by Crippen LogP contribution is -2.49. The quantitative estimate of drug-likeness (QED) is 0.198. The molecule has 0 atom stereocenters. The number of rotatable bonds is 12. The molecule has 0 aromatic heterocycles. The van der Waals surface area contributed by atoms with Gasteiger partial charge < -0.3 is 25.4 Å². The SMILES string of the molecule is CCCCN(C(=O)Nc1cc(C(N)=O)c(F)cc1F)C1CCN(Cc2ccc(Oc3ccc(NSC)cc3)cc2)CC1. The first kappa shape index (κ1) is 31.1. The number of unbranched alkanes of at least 4 members (excludes halogenated alkanes) is 1. The van der Waals surface area contributed by atoms with Crippen molar-refractivity contribution in [3.05, 3.63) is 83.4 Å². The molecular formula is C31H37F2N5O3S. The molecule has 1 saturated heterocycles. The van der Waals surface area contributed by atoms with Crippen molar-refractivity contribution in [2.24, 2.45) is 5.73 Å². The van der Waals surface area contributed by atoms with Gasteiger partial charge in [-0.25, -0.2) is 13.6 Å². The van der Waals surface area contributed by atoms with Gasteiger partial charge in [0.05, 0.1) is 11.3 Å². The highest BCUT2D eigenvalue weighted by Gasteiger charge is 2.28. The molecule has 1 heterocycles. The molecule has 1 fully saturated rings. The molecule has 3 aromatic rings. The Balaban J connectivity index is 1.32. The number of benzene rings is 3. The zero-order valence-electron chi connectivity index (χ0n) is 23.9. The lowest BCUT2D eigenvalue weighted by Gasteiger charge is -2.38. The first-order valence-corrected chi connectivity index (χ1v) is 15.2. The lowest BCUT2D eigenvalue weighted by molar-refractivity contribution is 0.0996. The summed E-state index contributed by atoms with van der Waals surface area (Å²) >= 11 is 1.54. The third kappa shape index (κ3) is 8.36. The Kier molecular flexibility index (Phi) is 11.0. The molecule has 8 nitrogen and oxygen atoms in total. The minimum atomic E-state index is -1.07. The van der Waals surface area contributed by atoms with Crippen LogP contribution in [-0.2, 0) is 6.54 Å². The second-order valence-corrected chi connectivity index (χ2v) is 10.8. The van der Waals surface area contributed by atoms with Gasteiger partial charge in [0.15, 0.2) is 0 Å². The van der Waals surface area contributed by atoms with Gasteiger partial charge in [-0.05, 0) is 67.3 Å². The molecule has 0 spiro atoms. The molecule has 1 aliphatic heterocycles. The van der Waals surface area contributed by atoms with Crippen LogP contribution in [0.4, 0.5) is 25.0 Å². The van der Waals surface area contributed by atoms with Crippen molar-refractivity contribution in [2.75, 3.05) is 35.9 Å². The van der Waals surface area contributed by atoms with E-state index in [1.165, 1.54) is 11.9 Å². The topological polar surface area (TPSA) is 99.9 Å². The minimum absolute atomic E-state index is 0.0276. The predicted octanol–water partition coefficient (Wildman–Crippen LogP) is 6.84. The molecule has 4 N–H and O–H groups in total. The van der Waals surface area contributed by atoms with E-state index in [4.69, 9.17) is 10.5 Å². The van der Waals surface area contributed by atoms with E-state index < -0.39 is 29.1 Å². The molecule has 0 radical (unpaired) electrons. The largest absolute Gasteiger partial charge is 0.457 e.